The molecule has 6 nitrogen and oxygen atoms in total. The van der Waals surface area contributed by atoms with Crippen LogP contribution in [0.25, 0.3) is 11.3 Å². The van der Waals surface area contributed by atoms with Crippen LogP contribution in [0.2, 0.25) is 0 Å². The van der Waals surface area contributed by atoms with Crippen LogP contribution in [0.5, 0.6) is 11.6 Å². The second kappa shape index (κ2) is 11.1. The SMILES string of the molecule is CCCCSc1nnc2c(n1)O[C@@H](c1cc(Br)ccc1OCc1ccccc1)Nc1ccccc1-2. The molecule has 1 N–H and O–H groups in total. The van der Waals surface area contributed by atoms with Gasteiger partial charge in [-0.05, 0) is 36.2 Å². The molecule has 0 bridgehead atoms. The van der Waals surface area contributed by atoms with Crippen LogP contribution >= 0.6 is 27.7 Å². The average Bonchev–Trinajstić information content (AvgIpc) is 3.05. The van der Waals surface area contributed by atoms with Gasteiger partial charge in [0.2, 0.25) is 17.3 Å². The molecule has 0 aliphatic carbocycles. The molecule has 1 atom stereocenters. The highest BCUT2D eigenvalue weighted by atomic mass is 79.9. The number of rotatable bonds is 8. The fourth-order valence-corrected chi connectivity index (χ4v) is 4.99. The number of hydrogen-bond donors (Lipinski definition) is 1. The maximum Gasteiger partial charge on any atom is 0.247 e. The molecule has 0 spiro atoms. The lowest BCUT2D eigenvalue weighted by atomic mass is 10.1. The zero-order chi connectivity index (χ0) is 24.0. The van der Waals surface area contributed by atoms with Crippen LogP contribution in [0.3, 0.4) is 0 Å². The third kappa shape index (κ3) is 5.60. The summed E-state index contributed by atoms with van der Waals surface area (Å²) in [5.41, 5.74) is 4.37. The van der Waals surface area contributed by atoms with Crippen LogP contribution in [-0.4, -0.2) is 20.9 Å². The van der Waals surface area contributed by atoms with Crippen LogP contribution in [0.4, 0.5) is 5.69 Å². The Kier molecular flexibility index (Phi) is 7.49. The van der Waals surface area contributed by atoms with Crippen LogP contribution in [-0.2, 0) is 6.61 Å². The highest BCUT2D eigenvalue weighted by molar-refractivity contribution is 9.10. The summed E-state index contributed by atoms with van der Waals surface area (Å²) in [7, 11) is 0. The number of aromatic nitrogens is 3. The standard InChI is InChI=1S/C27H25BrN4O2S/c1-2-3-15-35-27-30-26-24(31-32-27)20-11-7-8-12-22(20)29-25(34-26)21-16-19(28)13-14-23(21)33-17-18-9-5-4-6-10-18/h4-14,16,25,29H,2-3,15,17H2,1H3/t25-/m0/s1. The van der Waals surface area contributed by atoms with E-state index in [1.54, 1.807) is 11.8 Å². The van der Waals surface area contributed by atoms with Crippen molar-refractivity contribution in [1.82, 2.24) is 15.2 Å². The summed E-state index contributed by atoms with van der Waals surface area (Å²) in [6.07, 6.45) is 1.68. The molecule has 0 unspecified atom stereocenters. The first-order chi connectivity index (χ1) is 17.2. The van der Waals surface area contributed by atoms with Crippen LogP contribution in [0, 0.1) is 0 Å². The summed E-state index contributed by atoms with van der Waals surface area (Å²) >= 11 is 5.21. The van der Waals surface area contributed by atoms with Crippen molar-refractivity contribution in [3.8, 4) is 22.9 Å². The van der Waals surface area contributed by atoms with Crippen molar-refractivity contribution in [3.63, 3.8) is 0 Å². The number of hydrogen-bond acceptors (Lipinski definition) is 7. The van der Waals surface area contributed by atoms with Gasteiger partial charge in [-0.25, -0.2) is 0 Å². The second-order valence-corrected chi connectivity index (χ2v) is 10.1. The van der Waals surface area contributed by atoms with Crippen molar-refractivity contribution in [3.05, 3.63) is 88.4 Å². The van der Waals surface area contributed by atoms with Crippen molar-refractivity contribution >= 4 is 33.4 Å². The third-order valence-electron chi connectivity index (χ3n) is 5.55. The highest BCUT2D eigenvalue weighted by Crippen LogP contribution is 2.41. The van der Waals surface area contributed by atoms with Gasteiger partial charge in [-0.15, -0.1) is 10.2 Å². The topological polar surface area (TPSA) is 69.2 Å². The highest BCUT2D eigenvalue weighted by Gasteiger charge is 2.28. The van der Waals surface area contributed by atoms with Gasteiger partial charge in [0.25, 0.3) is 0 Å². The normalized spacial score (nSPS) is 14.2. The summed E-state index contributed by atoms with van der Waals surface area (Å²) in [5.74, 6) is 2.13. The van der Waals surface area contributed by atoms with Gasteiger partial charge in [0.15, 0.2) is 5.69 Å². The van der Waals surface area contributed by atoms with E-state index in [2.05, 4.69) is 38.4 Å². The third-order valence-corrected chi connectivity index (χ3v) is 6.97. The van der Waals surface area contributed by atoms with E-state index in [1.165, 1.54) is 0 Å². The number of halogens is 1. The smallest absolute Gasteiger partial charge is 0.247 e. The minimum Gasteiger partial charge on any atom is -0.488 e. The summed E-state index contributed by atoms with van der Waals surface area (Å²) in [6, 6.07) is 24.0. The summed E-state index contributed by atoms with van der Waals surface area (Å²) in [5, 5.41) is 13.0. The maximum atomic E-state index is 6.48. The Balaban J connectivity index is 1.50. The fourth-order valence-electron chi connectivity index (χ4n) is 3.75. The Morgan fingerprint density at radius 2 is 1.86 bits per heavy atom. The van der Waals surface area contributed by atoms with E-state index < -0.39 is 6.23 Å². The fraction of sp³-hybridized carbons (Fsp3) is 0.222. The molecule has 178 valence electrons. The van der Waals surface area contributed by atoms with Crippen LogP contribution in [0.15, 0.2) is 82.4 Å². The van der Waals surface area contributed by atoms with E-state index in [1.807, 2.05) is 72.8 Å². The van der Waals surface area contributed by atoms with Crippen molar-refractivity contribution in [1.29, 1.82) is 0 Å². The van der Waals surface area contributed by atoms with E-state index in [-0.39, 0.29) is 0 Å². The van der Waals surface area contributed by atoms with Crippen molar-refractivity contribution in [2.45, 2.75) is 37.8 Å². The van der Waals surface area contributed by atoms with Crippen molar-refractivity contribution < 1.29 is 9.47 Å². The molecule has 0 saturated heterocycles. The lowest BCUT2D eigenvalue weighted by molar-refractivity contribution is 0.214. The Morgan fingerprint density at radius 3 is 2.71 bits per heavy atom. The molecule has 0 saturated carbocycles. The molecular formula is C27H25BrN4O2S. The summed E-state index contributed by atoms with van der Waals surface area (Å²) in [6.45, 7) is 2.62. The lowest BCUT2D eigenvalue weighted by Crippen LogP contribution is -2.18. The number of ether oxygens (including phenoxy) is 2. The summed E-state index contributed by atoms with van der Waals surface area (Å²) < 4.78 is 13.7. The van der Waals surface area contributed by atoms with E-state index in [4.69, 9.17) is 14.5 Å². The Hall–Kier alpha value is -3.10. The van der Waals surface area contributed by atoms with Gasteiger partial charge < -0.3 is 14.8 Å². The number of fused-ring (bicyclic) bond motifs is 3. The molecule has 4 aromatic rings. The first-order valence-electron chi connectivity index (χ1n) is 11.6. The van der Waals surface area contributed by atoms with Gasteiger partial charge in [-0.1, -0.05) is 89.6 Å². The number of benzene rings is 3. The predicted molar refractivity (Wildman–Crippen MR) is 143 cm³/mol. The van der Waals surface area contributed by atoms with Crippen LogP contribution < -0.4 is 14.8 Å². The number of thioether (sulfide) groups is 1. The first kappa shape index (κ1) is 23.6. The molecule has 1 aromatic heterocycles. The largest absolute Gasteiger partial charge is 0.488 e. The zero-order valence-corrected chi connectivity index (χ0v) is 21.7. The van der Waals surface area contributed by atoms with Gasteiger partial charge in [0.1, 0.15) is 12.4 Å². The predicted octanol–water partition coefficient (Wildman–Crippen LogP) is 7.28. The number of nitrogens with zero attached hydrogens (tertiary/aromatic N) is 3. The Labute approximate surface area is 217 Å². The average molecular weight is 549 g/mol. The Bertz CT molecular complexity index is 1310. The molecule has 1 aliphatic heterocycles. The summed E-state index contributed by atoms with van der Waals surface area (Å²) in [4.78, 5) is 4.74. The second-order valence-electron chi connectivity index (χ2n) is 8.09. The van der Waals surface area contributed by atoms with Crippen molar-refractivity contribution in [2.75, 3.05) is 11.1 Å². The molecular weight excluding hydrogens is 524 g/mol. The van der Waals surface area contributed by atoms with Crippen molar-refractivity contribution in [2.24, 2.45) is 0 Å². The molecule has 35 heavy (non-hydrogen) atoms. The Morgan fingerprint density at radius 1 is 1.03 bits per heavy atom. The molecule has 8 heteroatoms. The molecule has 0 fully saturated rings. The number of unbranched alkanes of at least 4 members (excludes halogenated alkanes) is 1. The van der Waals surface area contributed by atoms with Gasteiger partial charge in [-0.3, -0.25) is 0 Å². The molecule has 1 aliphatic rings. The van der Waals surface area contributed by atoms with E-state index in [0.29, 0.717) is 23.3 Å². The van der Waals surface area contributed by atoms with Gasteiger partial charge in [0.05, 0.1) is 5.56 Å². The first-order valence-corrected chi connectivity index (χ1v) is 13.4. The maximum absolute atomic E-state index is 6.48. The lowest BCUT2D eigenvalue weighted by Gasteiger charge is -2.22. The zero-order valence-electron chi connectivity index (χ0n) is 19.3. The monoisotopic (exact) mass is 548 g/mol. The number of anilines is 1. The molecule has 3 aromatic carbocycles. The van der Waals surface area contributed by atoms with Crippen LogP contribution in [0.1, 0.15) is 37.1 Å². The van der Waals surface area contributed by atoms with Gasteiger partial charge in [0, 0.05) is 21.5 Å². The molecule has 0 radical (unpaired) electrons. The minimum atomic E-state index is -0.536. The number of nitrogens with one attached hydrogen (secondary N) is 1. The quantitative estimate of drug-likeness (QED) is 0.183. The van der Waals surface area contributed by atoms with Gasteiger partial charge in [-0.2, -0.15) is 4.98 Å². The molecule has 5 rings (SSSR count). The van der Waals surface area contributed by atoms with E-state index in [0.717, 1.165) is 51.2 Å². The number of para-hydroxylation sites is 1. The van der Waals surface area contributed by atoms with E-state index in [9.17, 15) is 0 Å². The molecule has 2 heterocycles. The molecule has 0 amide bonds. The van der Waals surface area contributed by atoms with Gasteiger partial charge >= 0.3 is 0 Å². The van der Waals surface area contributed by atoms with E-state index >= 15 is 0 Å². The minimum absolute atomic E-state index is 0.454.